The Kier molecular flexibility index (Phi) is 6.63. The predicted octanol–water partition coefficient (Wildman–Crippen LogP) is 4.15. The van der Waals surface area contributed by atoms with Gasteiger partial charge in [-0.2, -0.15) is 0 Å². The molecule has 3 atom stereocenters. The summed E-state index contributed by atoms with van der Waals surface area (Å²) in [5.74, 6) is -0.811. The van der Waals surface area contributed by atoms with Crippen molar-refractivity contribution in [3.8, 4) is 11.1 Å². The average molecular weight is 489 g/mol. The first-order chi connectivity index (χ1) is 17.0. The SMILES string of the molecule is O=C(N[C@H]1CCCC[C@H]1[NH+]([O-])C(=O)c1ccc(-c2ccncc2)cc1)c1cc2cc(Cl)ccc2[nH]1. The number of nitrogens with one attached hydrogen (secondary N) is 3. The number of nitrogens with zero attached hydrogens (tertiary/aromatic N) is 1. The van der Waals surface area contributed by atoms with E-state index in [0.29, 0.717) is 29.1 Å². The van der Waals surface area contributed by atoms with Crippen LogP contribution >= 0.6 is 11.6 Å². The van der Waals surface area contributed by atoms with Crippen LogP contribution in [0.1, 0.15) is 46.5 Å². The Balaban J connectivity index is 1.30. The Labute approximate surface area is 207 Å². The van der Waals surface area contributed by atoms with Gasteiger partial charge in [-0.05, 0) is 72.5 Å². The molecule has 0 aliphatic heterocycles. The Morgan fingerprint density at radius 1 is 0.971 bits per heavy atom. The zero-order valence-electron chi connectivity index (χ0n) is 19.0. The van der Waals surface area contributed by atoms with Crippen molar-refractivity contribution in [3.63, 3.8) is 0 Å². The number of quaternary nitrogens is 1. The lowest BCUT2D eigenvalue weighted by Crippen LogP contribution is -3.15. The van der Waals surface area contributed by atoms with Crippen molar-refractivity contribution in [1.82, 2.24) is 15.3 Å². The maximum absolute atomic E-state index is 13.2. The van der Waals surface area contributed by atoms with E-state index in [1.54, 1.807) is 42.7 Å². The van der Waals surface area contributed by atoms with Gasteiger partial charge in [0.2, 0.25) is 0 Å². The number of fused-ring (bicyclic) bond motifs is 1. The third kappa shape index (κ3) is 4.98. The van der Waals surface area contributed by atoms with Gasteiger partial charge in [-0.25, -0.2) is 4.79 Å². The van der Waals surface area contributed by atoms with Gasteiger partial charge in [0.1, 0.15) is 11.7 Å². The van der Waals surface area contributed by atoms with Crippen molar-refractivity contribution in [2.24, 2.45) is 0 Å². The molecule has 2 heterocycles. The van der Waals surface area contributed by atoms with E-state index in [1.165, 1.54) is 0 Å². The number of rotatable bonds is 5. The second kappa shape index (κ2) is 10.00. The molecule has 1 aliphatic rings. The maximum atomic E-state index is 13.2. The third-order valence-corrected chi connectivity index (χ3v) is 6.87. The largest absolute Gasteiger partial charge is 0.626 e. The minimum absolute atomic E-state index is 0.295. The molecule has 35 heavy (non-hydrogen) atoms. The molecule has 2 amide bonds. The van der Waals surface area contributed by atoms with E-state index >= 15 is 0 Å². The summed E-state index contributed by atoms with van der Waals surface area (Å²) in [6.07, 6.45) is 6.39. The lowest BCUT2D eigenvalue weighted by molar-refractivity contribution is -0.792. The van der Waals surface area contributed by atoms with Crippen LogP contribution in [0.2, 0.25) is 5.02 Å². The fraction of sp³-hybridized carbons (Fsp3) is 0.222. The van der Waals surface area contributed by atoms with Gasteiger partial charge in [0.05, 0.1) is 11.6 Å². The lowest BCUT2D eigenvalue weighted by Gasteiger charge is -2.38. The van der Waals surface area contributed by atoms with Crippen molar-refractivity contribution in [2.75, 3.05) is 0 Å². The molecular formula is C27H25ClN4O3. The van der Waals surface area contributed by atoms with E-state index in [0.717, 1.165) is 34.9 Å². The molecule has 2 aromatic heterocycles. The van der Waals surface area contributed by atoms with Crippen molar-refractivity contribution in [1.29, 1.82) is 0 Å². The summed E-state index contributed by atoms with van der Waals surface area (Å²) in [5, 5.41) is 17.2. The molecule has 1 unspecified atom stereocenters. The van der Waals surface area contributed by atoms with Gasteiger partial charge >= 0.3 is 5.91 Å². The van der Waals surface area contributed by atoms with Crippen LogP contribution in [0, 0.1) is 5.21 Å². The smallest absolute Gasteiger partial charge is 0.344 e. The monoisotopic (exact) mass is 488 g/mol. The lowest BCUT2D eigenvalue weighted by atomic mass is 9.89. The van der Waals surface area contributed by atoms with Gasteiger partial charge in [-0.15, -0.1) is 0 Å². The van der Waals surface area contributed by atoms with Crippen LogP contribution in [-0.4, -0.2) is 33.9 Å². The molecule has 178 valence electrons. The van der Waals surface area contributed by atoms with Gasteiger partial charge in [0.15, 0.2) is 0 Å². The van der Waals surface area contributed by atoms with Crippen LogP contribution < -0.4 is 10.4 Å². The number of hydrogen-bond donors (Lipinski definition) is 3. The normalized spacial score (nSPS) is 18.8. The zero-order valence-corrected chi connectivity index (χ0v) is 19.7. The number of benzene rings is 2. The van der Waals surface area contributed by atoms with Crippen LogP contribution in [0.4, 0.5) is 0 Å². The highest BCUT2D eigenvalue weighted by Crippen LogP contribution is 2.22. The molecule has 7 nitrogen and oxygen atoms in total. The first-order valence-electron chi connectivity index (χ1n) is 11.7. The van der Waals surface area contributed by atoms with Crippen LogP contribution in [0.5, 0.6) is 0 Å². The molecule has 1 aliphatic carbocycles. The number of aromatic nitrogens is 2. The molecule has 8 heteroatoms. The zero-order chi connectivity index (χ0) is 24.4. The summed E-state index contributed by atoms with van der Waals surface area (Å²) < 4.78 is 0. The third-order valence-electron chi connectivity index (χ3n) is 6.63. The van der Waals surface area contributed by atoms with Gasteiger partial charge in [-0.3, -0.25) is 9.78 Å². The highest BCUT2D eigenvalue weighted by atomic mass is 35.5. The number of halogens is 1. The Hall–Kier alpha value is -3.52. The van der Waals surface area contributed by atoms with Crippen molar-refractivity contribution in [2.45, 2.75) is 37.8 Å². The fourth-order valence-electron chi connectivity index (χ4n) is 4.76. The van der Waals surface area contributed by atoms with Crippen molar-refractivity contribution >= 4 is 34.3 Å². The molecule has 1 saturated carbocycles. The van der Waals surface area contributed by atoms with Crippen LogP contribution in [0.3, 0.4) is 0 Å². The summed E-state index contributed by atoms with van der Waals surface area (Å²) in [7, 11) is 0. The fourth-order valence-corrected chi connectivity index (χ4v) is 4.94. The number of H-pyrrole nitrogens is 1. The van der Waals surface area contributed by atoms with Crippen LogP contribution in [0.15, 0.2) is 73.1 Å². The van der Waals surface area contributed by atoms with Gasteiger partial charge in [0.25, 0.3) is 5.91 Å². The van der Waals surface area contributed by atoms with Crippen LogP contribution in [-0.2, 0) is 0 Å². The summed E-state index contributed by atoms with van der Waals surface area (Å²) in [6, 6.07) is 17.0. The number of hydrogen-bond acceptors (Lipinski definition) is 4. The van der Waals surface area contributed by atoms with Crippen molar-refractivity contribution < 1.29 is 14.7 Å². The van der Waals surface area contributed by atoms with Gasteiger partial charge in [-0.1, -0.05) is 30.2 Å². The number of amides is 2. The highest BCUT2D eigenvalue weighted by molar-refractivity contribution is 6.31. The first-order valence-corrected chi connectivity index (χ1v) is 12.1. The molecule has 0 spiro atoms. The Morgan fingerprint density at radius 3 is 2.46 bits per heavy atom. The minimum atomic E-state index is -0.543. The van der Waals surface area contributed by atoms with Crippen molar-refractivity contribution in [3.05, 3.63) is 94.5 Å². The molecule has 0 bridgehead atoms. The topological polar surface area (TPSA) is 102 Å². The highest BCUT2D eigenvalue weighted by Gasteiger charge is 2.35. The standard InChI is InChI=1S/C27H25ClN4O3/c28-21-9-10-22-20(15-21)16-24(30-22)26(33)31-23-3-1-2-4-25(23)32(35)27(34)19-7-5-17(6-8-19)18-11-13-29-14-12-18/h5-16,23,25,30,32H,1-4H2,(H,31,33)/t23-,25+/m0/s1. The summed E-state index contributed by atoms with van der Waals surface area (Å²) in [5.41, 5.74) is 3.49. The molecule has 5 rings (SSSR count). The summed E-state index contributed by atoms with van der Waals surface area (Å²) in [6.45, 7) is 0. The predicted molar refractivity (Wildman–Crippen MR) is 135 cm³/mol. The van der Waals surface area contributed by atoms with Gasteiger partial charge in [0, 0.05) is 34.7 Å². The number of pyridine rings is 1. The molecule has 3 N–H and O–H groups in total. The van der Waals surface area contributed by atoms with E-state index in [9.17, 15) is 14.8 Å². The Bertz CT molecular complexity index is 1350. The second-order valence-corrected chi connectivity index (χ2v) is 9.33. The second-order valence-electron chi connectivity index (χ2n) is 8.89. The number of carbonyl (C=O) groups excluding carboxylic acids is 2. The number of carbonyl (C=O) groups is 2. The quantitative estimate of drug-likeness (QED) is 0.367. The van der Waals surface area contributed by atoms with E-state index < -0.39 is 23.1 Å². The average Bonchev–Trinajstić information content (AvgIpc) is 3.32. The van der Waals surface area contributed by atoms with E-state index in [1.807, 2.05) is 30.3 Å². The molecule has 0 radical (unpaired) electrons. The van der Waals surface area contributed by atoms with E-state index in [4.69, 9.17) is 11.6 Å². The first kappa shape index (κ1) is 23.2. The van der Waals surface area contributed by atoms with Crippen LogP contribution in [0.25, 0.3) is 22.0 Å². The molecule has 1 fully saturated rings. The molecule has 0 saturated heterocycles. The molecule has 4 aromatic rings. The summed E-state index contributed by atoms with van der Waals surface area (Å²) >= 11 is 6.05. The minimum Gasteiger partial charge on any atom is -0.626 e. The summed E-state index contributed by atoms with van der Waals surface area (Å²) in [4.78, 5) is 33.1. The Morgan fingerprint density at radius 2 is 1.69 bits per heavy atom. The van der Waals surface area contributed by atoms with E-state index in [2.05, 4.69) is 15.3 Å². The number of hydroxylamine groups is 2. The molecular weight excluding hydrogens is 464 g/mol. The molecule has 2 aromatic carbocycles. The number of aromatic amines is 1. The maximum Gasteiger partial charge on any atom is 0.344 e. The van der Waals surface area contributed by atoms with Gasteiger partial charge < -0.3 is 20.6 Å². The van der Waals surface area contributed by atoms with E-state index in [-0.39, 0.29) is 5.91 Å².